The first-order valence-corrected chi connectivity index (χ1v) is 11.3. The van der Waals surface area contributed by atoms with Gasteiger partial charge in [0.05, 0.1) is 28.9 Å². The van der Waals surface area contributed by atoms with Crippen molar-refractivity contribution in [2.75, 3.05) is 26.7 Å². The first-order valence-electron chi connectivity index (χ1n) is 10.5. The molecule has 0 bridgehead atoms. The van der Waals surface area contributed by atoms with Gasteiger partial charge in [-0.1, -0.05) is 18.2 Å². The van der Waals surface area contributed by atoms with E-state index in [2.05, 4.69) is 20.3 Å². The summed E-state index contributed by atoms with van der Waals surface area (Å²) in [6.45, 7) is 0.537. The lowest BCUT2D eigenvalue weighted by atomic mass is 10.2. The maximum absolute atomic E-state index is 12.5. The number of pyridine rings is 1. The van der Waals surface area contributed by atoms with Crippen molar-refractivity contribution >= 4 is 45.8 Å². The molecule has 34 heavy (non-hydrogen) atoms. The predicted molar refractivity (Wildman–Crippen MR) is 129 cm³/mol. The number of nitrogens with one attached hydrogen (secondary N) is 2. The summed E-state index contributed by atoms with van der Waals surface area (Å²) in [5, 5.41) is 2.85. The highest BCUT2D eigenvalue weighted by atomic mass is 32.2. The van der Waals surface area contributed by atoms with Crippen LogP contribution in [-0.2, 0) is 16.1 Å². The summed E-state index contributed by atoms with van der Waals surface area (Å²) < 4.78 is 0. The van der Waals surface area contributed by atoms with Crippen LogP contribution in [0.3, 0.4) is 0 Å². The van der Waals surface area contributed by atoms with Gasteiger partial charge in [-0.2, -0.15) is 0 Å². The number of H-pyrrole nitrogens is 1. The van der Waals surface area contributed by atoms with Gasteiger partial charge >= 0.3 is 0 Å². The molecule has 4 rings (SSSR count). The van der Waals surface area contributed by atoms with E-state index in [0.717, 1.165) is 22.2 Å². The maximum atomic E-state index is 12.5. The van der Waals surface area contributed by atoms with Crippen LogP contribution in [0.1, 0.15) is 11.4 Å². The zero-order valence-corrected chi connectivity index (χ0v) is 19.2. The first kappa shape index (κ1) is 23.3. The van der Waals surface area contributed by atoms with Crippen LogP contribution in [-0.4, -0.2) is 68.5 Å². The van der Waals surface area contributed by atoms with Gasteiger partial charge in [0.2, 0.25) is 5.91 Å². The largest absolute Gasteiger partial charge is 0.353 e. The molecule has 1 aliphatic heterocycles. The van der Waals surface area contributed by atoms with Gasteiger partial charge in [-0.05, 0) is 48.6 Å². The van der Waals surface area contributed by atoms with E-state index in [4.69, 9.17) is 0 Å². The SMILES string of the molecule is CN(CC(=O)NCCN1C(=O)S/C(=C/c2cccnc2)C1=O)Cc1nc2ccccc2c(=O)[nH]1. The number of benzene rings is 1. The minimum absolute atomic E-state index is 0.0549. The fourth-order valence-electron chi connectivity index (χ4n) is 3.44. The van der Waals surface area contributed by atoms with Crippen molar-refractivity contribution in [2.24, 2.45) is 0 Å². The molecule has 0 atom stereocenters. The molecule has 0 saturated carbocycles. The topological polar surface area (TPSA) is 128 Å². The molecule has 0 aliphatic carbocycles. The van der Waals surface area contributed by atoms with Crippen LogP contribution in [0.5, 0.6) is 0 Å². The van der Waals surface area contributed by atoms with E-state index < -0.39 is 5.91 Å². The normalized spacial score (nSPS) is 15.0. The van der Waals surface area contributed by atoms with Crippen molar-refractivity contribution in [2.45, 2.75) is 6.54 Å². The molecular formula is C23H22N6O4S. The zero-order valence-electron chi connectivity index (χ0n) is 18.4. The van der Waals surface area contributed by atoms with E-state index in [-0.39, 0.29) is 42.9 Å². The standard InChI is InChI=1S/C23H22N6O4S/c1-28(13-19-26-17-7-3-2-6-16(17)21(31)27-19)14-20(30)25-9-10-29-22(32)18(34-23(29)33)11-15-5-4-8-24-12-15/h2-8,11-12H,9-10,13-14H2,1H3,(H,25,30)(H,26,27,31)/b18-11+. The molecule has 3 aromatic rings. The average molecular weight is 479 g/mol. The molecule has 2 aromatic heterocycles. The summed E-state index contributed by atoms with van der Waals surface area (Å²) in [5.41, 5.74) is 1.09. The third-order valence-electron chi connectivity index (χ3n) is 5.01. The number of hydrogen-bond acceptors (Lipinski definition) is 8. The molecule has 11 heteroatoms. The first-order chi connectivity index (χ1) is 16.4. The van der Waals surface area contributed by atoms with Crippen molar-refractivity contribution in [1.29, 1.82) is 0 Å². The Morgan fingerprint density at radius 2 is 2.03 bits per heavy atom. The lowest BCUT2D eigenvalue weighted by molar-refractivity contribution is -0.124. The monoisotopic (exact) mass is 478 g/mol. The zero-order chi connectivity index (χ0) is 24.1. The molecule has 0 spiro atoms. The van der Waals surface area contributed by atoms with E-state index >= 15 is 0 Å². The molecule has 1 aliphatic rings. The Hall–Kier alpha value is -3.83. The van der Waals surface area contributed by atoms with Crippen molar-refractivity contribution in [3.05, 3.63) is 75.4 Å². The van der Waals surface area contributed by atoms with E-state index in [1.807, 2.05) is 6.07 Å². The fourth-order valence-corrected chi connectivity index (χ4v) is 4.30. The predicted octanol–water partition coefficient (Wildman–Crippen LogP) is 1.60. The third-order valence-corrected chi connectivity index (χ3v) is 5.92. The number of aromatic amines is 1. The maximum Gasteiger partial charge on any atom is 0.293 e. The summed E-state index contributed by atoms with van der Waals surface area (Å²) in [4.78, 5) is 63.5. The third kappa shape index (κ3) is 5.56. The van der Waals surface area contributed by atoms with Gasteiger partial charge in [0.1, 0.15) is 5.82 Å². The van der Waals surface area contributed by atoms with Crippen molar-refractivity contribution in [3.8, 4) is 0 Å². The number of amides is 3. The number of carbonyl (C=O) groups is 3. The van der Waals surface area contributed by atoms with Crippen molar-refractivity contribution in [3.63, 3.8) is 0 Å². The number of rotatable bonds is 8. The quantitative estimate of drug-likeness (QED) is 0.467. The number of likely N-dealkylation sites (N-methyl/N-ethyl adjacent to an activating group) is 1. The lowest BCUT2D eigenvalue weighted by Crippen LogP contribution is -2.40. The minimum Gasteiger partial charge on any atom is -0.353 e. The van der Waals surface area contributed by atoms with E-state index in [1.165, 1.54) is 0 Å². The number of fused-ring (bicyclic) bond motifs is 1. The molecule has 1 fully saturated rings. The van der Waals surface area contributed by atoms with Gasteiger partial charge in [0, 0.05) is 25.5 Å². The summed E-state index contributed by atoms with van der Waals surface area (Å²) in [7, 11) is 1.73. The number of thioether (sulfide) groups is 1. The van der Waals surface area contributed by atoms with Crippen molar-refractivity contribution in [1.82, 2.24) is 30.1 Å². The van der Waals surface area contributed by atoms with Gasteiger partial charge in [-0.3, -0.25) is 34.0 Å². The molecule has 0 unspecified atom stereocenters. The number of nitrogens with zero attached hydrogens (tertiary/aromatic N) is 4. The Kier molecular flexibility index (Phi) is 7.14. The van der Waals surface area contributed by atoms with Crippen LogP contribution in [0.25, 0.3) is 17.0 Å². The molecule has 2 N–H and O–H groups in total. The van der Waals surface area contributed by atoms with Gasteiger partial charge in [0.25, 0.3) is 16.7 Å². The fraction of sp³-hybridized carbons (Fsp3) is 0.217. The number of carbonyl (C=O) groups excluding carboxylic acids is 3. The summed E-state index contributed by atoms with van der Waals surface area (Å²) in [5.74, 6) is -0.211. The van der Waals surface area contributed by atoms with E-state index in [9.17, 15) is 19.2 Å². The molecular weight excluding hydrogens is 456 g/mol. The van der Waals surface area contributed by atoms with Crippen LogP contribution in [0, 0.1) is 0 Å². The van der Waals surface area contributed by atoms with Crippen LogP contribution < -0.4 is 10.9 Å². The lowest BCUT2D eigenvalue weighted by Gasteiger charge is -2.17. The Morgan fingerprint density at radius 1 is 1.21 bits per heavy atom. The van der Waals surface area contributed by atoms with Crippen LogP contribution in [0.4, 0.5) is 4.79 Å². The van der Waals surface area contributed by atoms with E-state index in [1.54, 1.807) is 60.7 Å². The summed E-state index contributed by atoms with van der Waals surface area (Å²) in [6.07, 6.45) is 4.85. The molecule has 1 aromatic carbocycles. The molecule has 174 valence electrons. The number of imide groups is 1. The van der Waals surface area contributed by atoms with Gasteiger partial charge in [0.15, 0.2) is 0 Å². The van der Waals surface area contributed by atoms with Crippen molar-refractivity contribution < 1.29 is 14.4 Å². The summed E-state index contributed by atoms with van der Waals surface area (Å²) >= 11 is 0.863. The molecule has 0 radical (unpaired) electrons. The second-order valence-electron chi connectivity index (χ2n) is 7.67. The highest BCUT2D eigenvalue weighted by Gasteiger charge is 2.34. The number of hydrogen-bond donors (Lipinski definition) is 2. The number of para-hydroxylation sites is 1. The highest BCUT2D eigenvalue weighted by Crippen LogP contribution is 2.31. The smallest absolute Gasteiger partial charge is 0.293 e. The Labute approximate surface area is 199 Å². The van der Waals surface area contributed by atoms with Crippen LogP contribution in [0.15, 0.2) is 58.5 Å². The highest BCUT2D eigenvalue weighted by molar-refractivity contribution is 8.18. The molecule has 3 amide bonds. The Morgan fingerprint density at radius 3 is 2.82 bits per heavy atom. The second-order valence-corrected chi connectivity index (χ2v) is 8.66. The average Bonchev–Trinajstić information content (AvgIpc) is 3.07. The van der Waals surface area contributed by atoms with Crippen LogP contribution in [0.2, 0.25) is 0 Å². The molecule has 1 saturated heterocycles. The van der Waals surface area contributed by atoms with Gasteiger partial charge in [-0.15, -0.1) is 0 Å². The molecule has 10 nitrogen and oxygen atoms in total. The summed E-state index contributed by atoms with van der Waals surface area (Å²) in [6, 6.07) is 10.6. The number of aromatic nitrogens is 3. The van der Waals surface area contributed by atoms with Gasteiger partial charge in [-0.25, -0.2) is 4.98 Å². The van der Waals surface area contributed by atoms with Gasteiger partial charge < -0.3 is 10.3 Å². The molecule has 3 heterocycles. The second kappa shape index (κ2) is 10.4. The minimum atomic E-state index is -0.392. The van der Waals surface area contributed by atoms with Crippen LogP contribution >= 0.6 is 11.8 Å². The Bertz CT molecular complexity index is 1320. The Balaban J connectivity index is 1.26. The van der Waals surface area contributed by atoms with E-state index in [0.29, 0.717) is 21.6 Å².